The van der Waals surface area contributed by atoms with Gasteiger partial charge in [0, 0.05) is 0 Å². The Morgan fingerprint density at radius 2 is 1.83 bits per heavy atom. The molecule has 0 bridgehead atoms. The predicted molar refractivity (Wildman–Crippen MR) is 69.4 cm³/mol. The molecule has 0 radical (unpaired) electrons. The van der Waals surface area contributed by atoms with Crippen molar-refractivity contribution in [2.75, 3.05) is 0 Å². The number of phenolic OH excluding ortho intramolecular Hbond substituents is 1. The summed E-state index contributed by atoms with van der Waals surface area (Å²) in [5.74, 6) is -0.115. The summed E-state index contributed by atoms with van der Waals surface area (Å²) in [7, 11) is 0. The van der Waals surface area contributed by atoms with Crippen molar-refractivity contribution in [1.82, 2.24) is 0 Å². The number of rotatable bonds is 5. The SMILES string of the molecule is CC=CC(O)C(O)C=Cc1cccc(O)c1C=O. The molecule has 0 aliphatic rings. The van der Waals surface area contributed by atoms with Gasteiger partial charge in [-0.2, -0.15) is 0 Å². The van der Waals surface area contributed by atoms with Crippen LogP contribution in [-0.2, 0) is 0 Å². The predicted octanol–water partition coefficient (Wildman–Crippen LogP) is 1.52. The van der Waals surface area contributed by atoms with Gasteiger partial charge >= 0.3 is 0 Å². The van der Waals surface area contributed by atoms with Gasteiger partial charge in [-0.1, -0.05) is 36.4 Å². The average molecular weight is 248 g/mol. The molecule has 96 valence electrons. The van der Waals surface area contributed by atoms with Gasteiger partial charge in [-0.05, 0) is 18.6 Å². The number of aldehydes is 1. The molecule has 4 nitrogen and oxygen atoms in total. The van der Waals surface area contributed by atoms with E-state index in [1.54, 1.807) is 25.1 Å². The van der Waals surface area contributed by atoms with Gasteiger partial charge in [-0.25, -0.2) is 0 Å². The third-order valence-electron chi connectivity index (χ3n) is 2.45. The number of aromatic hydroxyl groups is 1. The lowest BCUT2D eigenvalue weighted by Crippen LogP contribution is -2.20. The van der Waals surface area contributed by atoms with Crippen LogP contribution in [0.4, 0.5) is 0 Å². The summed E-state index contributed by atoms with van der Waals surface area (Å²) >= 11 is 0. The lowest BCUT2D eigenvalue weighted by atomic mass is 10.1. The number of allylic oxidation sites excluding steroid dienone is 1. The van der Waals surface area contributed by atoms with Crippen molar-refractivity contribution in [3.8, 4) is 5.75 Å². The van der Waals surface area contributed by atoms with E-state index in [9.17, 15) is 20.1 Å². The third kappa shape index (κ3) is 3.55. The van der Waals surface area contributed by atoms with Crippen molar-refractivity contribution < 1.29 is 20.1 Å². The zero-order valence-corrected chi connectivity index (χ0v) is 10.0. The number of benzene rings is 1. The number of phenols is 1. The molecule has 0 aliphatic carbocycles. The lowest BCUT2D eigenvalue weighted by Gasteiger charge is -2.10. The minimum atomic E-state index is -1.07. The van der Waals surface area contributed by atoms with Gasteiger partial charge < -0.3 is 15.3 Å². The summed E-state index contributed by atoms with van der Waals surface area (Å²) in [6, 6.07) is 4.64. The molecule has 18 heavy (non-hydrogen) atoms. The number of hydrogen-bond donors (Lipinski definition) is 3. The van der Waals surface area contributed by atoms with E-state index in [4.69, 9.17) is 0 Å². The summed E-state index contributed by atoms with van der Waals surface area (Å²) < 4.78 is 0. The van der Waals surface area contributed by atoms with Crippen LogP contribution in [0.15, 0.2) is 36.4 Å². The molecule has 0 amide bonds. The Hall–Kier alpha value is -1.91. The van der Waals surface area contributed by atoms with Crippen molar-refractivity contribution in [3.63, 3.8) is 0 Å². The molecular weight excluding hydrogens is 232 g/mol. The van der Waals surface area contributed by atoms with Crippen LogP contribution in [0.5, 0.6) is 5.75 Å². The molecule has 0 aliphatic heterocycles. The average Bonchev–Trinajstić information content (AvgIpc) is 2.36. The fourth-order valence-electron chi connectivity index (χ4n) is 1.47. The Bertz CT molecular complexity index is 463. The number of carbonyl (C=O) groups excluding carboxylic acids is 1. The van der Waals surface area contributed by atoms with Crippen LogP contribution in [0.25, 0.3) is 6.08 Å². The minimum Gasteiger partial charge on any atom is -0.507 e. The van der Waals surface area contributed by atoms with E-state index in [0.29, 0.717) is 11.8 Å². The first-order chi connectivity index (χ1) is 8.60. The summed E-state index contributed by atoms with van der Waals surface area (Å²) in [6.07, 6.45) is 4.42. The summed E-state index contributed by atoms with van der Waals surface area (Å²) in [5, 5.41) is 28.5. The zero-order chi connectivity index (χ0) is 13.5. The number of carbonyl (C=O) groups is 1. The molecule has 0 spiro atoms. The van der Waals surface area contributed by atoms with E-state index in [2.05, 4.69) is 0 Å². The molecule has 1 aromatic carbocycles. The maximum absolute atomic E-state index is 10.8. The van der Waals surface area contributed by atoms with Gasteiger partial charge in [0.25, 0.3) is 0 Å². The number of aliphatic hydroxyl groups is 2. The van der Waals surface area contributed by atoms with Crippen LogP contribution in [0.1, 0.15) is 22.8 Å². The topological polar surface area (TPSA) is 77.8 Å². The standard InChI is InChI=1S/C14H16O4/c1-2-4-13(17)14(18)8-7-10-5-3-6-12(16)11(10)9-15/h2-9,13-14,16-18H,1H3. The molecule has 0 fully saturated rings. The molecule has 0 saturated heterocycles. The van der Waals surface area contributed by atoms with Crippen molar-refractivity contribution >= 4 is 12.4 Å². The Labute approximate surface area is 106 Å². The Kier molecular flexibility index (Phi) is 5.30. The zero-order valence-electron chi connectivity index (χ0n) is 10.0. The molecule has 1 aromatic rings. The Morgan fingerprint density at radius 3 is 2.44 bits per heavy atom. The molecule has 1 rings (SSSR count). The first-order valence-corrected chi connectivity index (χ1v) is 5.54. The maximum Gasteiger partial charge on any atom is 0.154 e. The first-order valence-electron chi connectivity index (χ1n) is 5.54. The normalized spacial score (nSPS) is 15.1. The van der Waals surface area contributed by atoms with Gasteiger partial charge in [0.05, 0.1) is 5.56 Å². The lowest BCUT2D eigenvalue weighted by molar-refractivity contribution is 0.0813. The van der Waals surface area contributed by atoms with E-state index in [0.717, 1.165) is 0 Å². The van der Waals surface area contributed by atoms with Crippen LogP contribution < -0.4 is 0 Å². The molecule has 2 unspecified atom stereocenters. The van der Waals surface area contributed by atoms with Crippen LogP contribution in [-0.4, -0.2) is 33.8 Å². The molecular formula is C14H16O4. The monoisotopic (exact) mass is 248 g/mol. The highest BCUT2D eigenvalue weighted by molar-refractivity contribution is 5.85. The van der Waals surface area contributed by atoms with Crippen molar-refractivity contribution in [1.29, 1.82) is 0 Å². The second-order valence-corrected chi connectivity index (χ2v) is 3.76. The third-order valence-corrected chi connectivity index (χ3v) is 2.45. The fraction of sp³-hybridized carbons (Fsp3) is 0.214. The van der Waals surface area contributed by atoms with Crippen LogP contribution >= 0.6 is 0 Å². The molecule has 0 aromatic heterocycles. The Morgan fingerprint density at radius 1 is 1.17 bits per heavy atom. The highest BCUT2D eigenvalue weighted by Crippen LogP contribution is 2.20. The van der Waals surface area contributed by atoms with E-state index in [-0.39, 0.29) is 11.3 Å². The number of aliphatic hydroxyl groups excluding tert-OH is 2. The van der Waals surface area contributed by atoms with Crippen molar-refractivity contribution in [3.05, 3.63) is 47.6 Å². The van der Waals surface area contributed by atoms with Crippen molar-refractivity contribution in [2.45, 2.75) is 19.1 Å². The number of hydrogen-bond acceptors (Lipinski definition) is 4. The van der Waals surface area contributed by atoms with E-state index in [1.807, 2.05) is 0 Å². The first kappa shape index (κ1) is 14.2. The van der Waals surface area contributed by atoms with Gasteiger partial charge in [-0.3, -0.25) is 4.79 Å². The smallest absolute Gasteiger partial charge is 0.154 e. The van der Waals surface area contributed by atoms with Crippen molar-refractivity contribution in [2.24, 2.45) is 0 Å². The molecule has 0 saturated carbocycles. The summed E-state index contributed by atoms with van der Waals surface area (Å²) in [4.78, 5) is 10.8. The Balaban J connectivity index is 2.91. The molecule has 0 heterocycles. The maximum atomic E-state index is 10.8. The van der Waals surface area contributed by atoms with E-state index >= 15 is 0 Å². The van der Waals surface area contributed by atoms with Gasteiger partial charge in [0.15, 0.2) is 6.29 Å². The van der Waals surface area contributed by atoms with Gasteiger partial charge in [0.1, 0.15) is 18.0 Å². The van der Waals surface area contributed by atoms with Crippen LogP contribution in [0, 0.1) is 0 Å². The highest BCUT2D eigenvalue weighted by atomic mass is 16.3. The second-order valence-electron chi connectivity index (χ2n) is 3.76. The van der Waals surface area contributed by atoms with E-state index < -0.39 is 12.2 Å². The highest BCUT2D eigenvalue weighted by Gasteiger charge is 2.09. The van der Waals surface area contributed by atoms with Crippen LogP contribution in [0.2, 0.25) is 0 Å². The quantitative estimate of drug-likeness (QED) is 0.545. The minimum absolute atomic E-state index is 0.115. The van der Waals surface area contributed by atoms with Crippen LogP contribution in [0.3, 0.4) is 0 Å². The summed E-state index contributed by atoms with van der Waals surface area (Å²) in [6.45, 7) is 1.74. The molecule has 2 atom stereocenters. The van der Waals surface area contributed by atoms with Gasteiger partial charge in [-0.15, -0.1) is 0 Å². The second kappa shape index (κ2) is 6.74. The summed E-state index contributed by atoms with van der Waals surface area (Å²) in [5.41, 5.74) is 0.637. The van der Waals surface area contributed by atoms with E-state index in [1.165, 1.54) is 24.3 Å². The largest absolute Gasteiger partial charge is 0.507 e. The molecule has 4 heteroatoms. The van der Waals surface area contributed by atoms with Gasteiger partial charge in [0.2, 0.25) is 0 Å². The molecule has 3 N–H and O–H groups in total. The fourth-order valence-corrected chi connectivity index (χ4v) is 1.47.